The van der Waals surface area contributed by atoms with Crippen molar-refractivity contribution in [3.8, 4) is 5.69 Å². The number of piperidine rings is 1. The van der Waals surface area contributed by atoms with Gasteiger partial charge in [-0.3, -0.25) is 9.69 Å². The van der Waals surface area contributed by atoms with E-state index in [9.17, 15) is 23.1 Å². The number of hydrogen-bond acceptors (Lipinski definition) is 8. The summed E-state index contributed by atoms with van der Waals surface area (Å²) in [7, 11) is 1.61. The Bertz CT molecular complexity index is 1150. The monoisotopic (exact) mass is 596 g/mol. The number of aliphatic hydroxyl groups is 1. The highest BCUT2D eigenvalue weighted by Crippen LogP contribution is 2.32. The highest BCUT2D eigenvalue weighted by Gasteiger charge is 2.38. The second-order valence-electron chi connectivity index (χ2n) is 11.5. The van der Waals surface area contributed by atoms with Gasteiger partial charge in [0.05, 0.1) is 36.1 Å². The van der Waals surface area contributed by atoms with E-state index < -0.39 is 18.0 Å². The first-order chi connectivity index (χ1) is 20.1. The Hall–Kier alpha value is -2.58. The van der Waals surface area contributed by atoms with Gasteiger partial charge < -0.3 is 24.8 Å². The largest absolute Gasteiger partial charge is 0.416 e. The van der Waals surface area contributed by atoms with Crippen LogP contribution in [0.4, 0.5) is 13.2 Å². The van der Waals surface area contributed by atoms with Gasteiger partial charge in [0.15, 0.2) is 6.23 Å². The van der Waals surface area contributed by atoms with Gasteiger partial charge in [0, 0.05) is 52.5 Å². The predicted octanol–water partition coefficient (Wildman–Crippen LogP) is 3.04. The van der Waals surface area contributed by atoms with Crippen molar-refractivity contribution in [2.24, 2.45) is 11.8 Å². The maximum atomic E-state index is 13.5. The first-order valence-electron chi connectivity index (χ1n) is 14.7. The molecule has 3 atom stereocenters. The lowest BCUT2D eigenvalue weighted by Crippen LogP contribution is -2.55. The van der Waals surface area contributed by atoms with E-state index in [1.54, 1.807) is 13.2 Å². The summed E-state index contributed by atoms with van der Waals surface area (Å²) in [4.78, 5) is 17.1. The van der Waals surface area contributed by atoms with Crippen molar-refractivity contribution < 1.29 is 32.5 Å². The Kier molecular flexibility index (Phi) is 11.3. The minimum atomic E-state index is -4.51. The number of nitrogens with one attached hydrogen (secondary N) is 1. The summed E-state index contributed by atoms with van der Waals surface area (Å²) in [5, 5.41) is 23.8. The molecule has 4 rings (SSSR count). The maximum Gasteiger partial charge on any atom is 0.416 e. The first-order valence-corrected chi connectivity index (χ1v) is 14.7. The van der Waals surface area contributed by atoms with Crippen LogP contribution in [-0.4, -0.2) is 102 Å². The molecule has 2 saturated heterocycles. The van der Waals surface area contributed by atoms with Crippen LogP contribution >= 0.6 is 0 Å². The molecular weight excluding hydrogens is 553 g/mol. The lowest BCUT2D eigenvalue weighted by molar-refractivity contribution is -0.142. The zero-order valence-corrected chi connectivity index (χ0v) is 24.6. The number of alkyl halides is 3. The third kappa shape index (κ3) is 8.07. The number of carbonyl (C=O) groups excluding carboxylic acids is 1. The molecule has 0 radical (unpaired) electrons. The quantitative estimate of drug-likeness (QED) is 0.285. The van der Waals surface area contributed by atoms with Crippen LogP contribution in [0.5, 0.6) is 0 Å². The number of carbonyl (C=O) groups is 1. The molecule has 0 saturated carbocycles. The van der Waals surface area contributed by atoms with Crippen molar-refractivity contribution in [3.63, 3.8) is 0 Å². The molecule has 0 bridgehead atoms. The van der Waals surface area contributed by atoms with Gasteiger partial charge in [-0.2, -0.15) is 13.2 Å². The number of unbranched alkanes of at least 4 members (excludes halogenated alkanes) is 1. The summed E-state index contributed by atoms with van der Waals surface area (Å²) in [6.45, 7) is 8.53. The molecule has 10 nitrogen and oxygen atoms in total. The van der Waals surface area contributed by atoms with E-state index in [0.29, 0.717) is 83.2 Å². The molecule has 234 valence electrons. The van der Waals surface area contributed by atoms with E-state index in [-0.39, 0.29) is 29.5 Å². The summed E-state index contributed by atoms with van der Waals surface area (Å²) in [6, 6.07) is 4.80. The molecular formula is C29H43F3N6O4. The fourth-order valence-electron chi connectivity index (χ4n) is 5.74. The fraction of sp³-hybridized carbons (Fsp3) is 0.690. The number of amides is 1. The molecule has 1 aromatic carbocycles. The minimum absolute atomic E-state index is 0.0869. The van der Waals surface area contributed by atoms with Gasteiger partial charge in [-0.15, -0.1) is 5.10 Å². The third-order valence-electron chi connectivity index (χ3n) is 7.83. The van der Waals surface area contributed by atoms with E-state index in [1.807, 2.05) is 9.80 Å². The van der Waals surface area contributed by atoms with Crippen LogP contribution < -0.4 is 5.32 Å². The number of benzene rings is 1. The summed E-state index contributed by atoms with van der Waals surface area (Å²) >= 11 is 0. The summed E-state index contributed by atoms with van der Waals surface area (Å²) < 4.78 is 52.5. The molecule has 2 N–H and O–H groups in total. The van der Waals surface area contributed by atoms with Crippen LogP contribution in [0.3, 0.4) is 0 Å². The van der Waals surface area contributed by atoms with E-state index in [1.165, 1.54) is 10.7 Å². The van der Waals surface area contributed by atoms with Crippen LogP contribution in [0.15, 0.2) is 24.3 Å². The van der Waals surface area contributed by atoms with E-state index in [2.05, 4.69) is 29.5 Å². The Balaban J connectivity index is 1.63. The Morgan fingerprint density at radius 2 is 2.00 bits per heavy atom. The predicted molar refractivity (Wildman–Crippen MR) is 150 cm³/mol. The molecule has 3 heterocycles. The van der Waals surface area contributed by atoms with E-state index >= 15 is 0 Å². The molecule has 13 heteroatoms. The van der Waals surface area contributed by atoms with Gasteiger partial charge in [-0.25, -0.2) is 4.68 Å². The lowest BCUT2D eigenvalue weighted by Gasteiger charge is -2.41. The SMILES string of the molecule is COCCCCc1c(C(O)N(CC(C)C)[C@@H]2CNC[C@H](C(=O)N3CCOCC3)C2)nnn1-c1cccc(C(F)(F)F)c1. The summed E-state index contributed by atoms with van der Waals surface area (Å²) in [5.41, 5.74) is 0.306. The molecule has 0 aliphatic carbocycles. The number of methoxy groups -OCH3 is 1. The Labute approximate surface area is 245 Å². The van der Waals surface area contributed by atoms with E-state index in [4.69, 9.17) is 9.47 Å². The van der Waals surface area contributed by atoms with Crippen molar-refractivity contribution in [1.29, 1.82) is 0 Å². The zero-order chi connectivity index (χ0) is 30.3. The van der Waals surface area contributed by atoms with Crippen molar-refractivity contribution in [1.82, 2.24) is 30.1 Å². The first kappa shape index (κ1) is 32.3. The number of hydrogen-bond donors (Lipinski definition) is 2. The van der Waals surface area contributed by atoms with Crippen LogP contribution in [0.1, 0.15) is 56.3 Å². The van der Waals surface area contributed by atoms with E-state index in [0.717, 1.165) is 18.6 Å². The standard InChI is InChI=1S/C29H43F3N6O4/c1-20(2)19-37(24-15-21(17-33-18-24)27(39)36-10-13-42-14-11-36)28(40)26-25(9-4-5-12-41-3)38(35-34-26)23-8-6-7-22(16-23)29(30,31)32/h6-8,16,20-21,24,28,33,40H,4-5,9-15,17-19H2,1-3H3/t21-,24+,28?/m1/s1. The van der Waals surface area contributed by atoms with Crippen molar-refractivity contribution >= 4 is 5.91 Å². The Morgan fingerprint density at radius 1 is 1.24 bits per heavy atom. The van der Waals surface area contributed by atoms with Gasteiger partial charge in [0.2, 0.25) is 5.91 Å². The van der Waals surface area contributed by atoms with Crippen LogP contribution in [-0.2, 0) is 26.9 Å². The highest BCUT2D eigenvalue weighted by molar-refractivity contribution is 5.79. The molecule has 0 spiro atoms. The normalized spacial score (nSPS) is 20.8. The average molecular weight is 597 g/mol. The molecule has 1 aromatic heterocycles. The second-order valence-corrected chi connectivity index (χ2v) is 11.5. The molecule has 2 aliphatic heterocycles. The highest BCUT2D eigenvalue weighted by atomic mass is 19.4. The van der Waals surface area contributed by atoms with Crippen molar-refractivity contribution in [2.45, 2.75) is 58.0 Å². The molecule has 2 aliphatic rings. The van der Waals surface area contributed by atoms with Crippen molar-refractivity contribution in [3.05, 3.63) is 41.2 Å². The zero-order valence-electron chi connectivity index (χ0n) is 24.6. The van der Waals surface area contributed by atoms with Gasteiger partial charge in [0.25, 0.3) is 0 Å². The number of morpholine rings is 1. The third-order valence-corrected chi connectivity index (χ3v) is 7.83. The summed E-state index contributed by atoms with van der Waals surface area (Å²) in [5.74, 6) is 0.0421. The second kappa shape index (κ2) is 14.7. The fourth-order valence-corrected chi connectivity index (χ4v) is 5.74. The molecule has 1 unspecified atom stereocenters. The van der Waals surface area contributed by atoms with Gasteiger partial charge in [0.1, 0.15) is 5.69 Å². The lowest BCUT2D eigenvalue weighted by atomic mass is 9.92. The Morgan fingerprint density at radius 3 is 2.69 bits per heavy atom. The van der Waals surface area contributed by atoms with Gasteiger partial charge >= 0.3 is 6.18 Å². The average Bonchev–Trinajstić information content (AvgIpc) is 3.41. The number of halogens is 3. The van der Waals surface area contributed by atoms with Crippen LogP contribution in [0.2, 0.25) is 0 Å². The van der Waals surface area contributed by atoms with Gasteiger partial charge in [-0.1, -0.05) is 25.1 Å². The van der Waals surface area contributed by atoms with Crippen LogP contribution in [0, 0.1) is 11.8 Å². The molecule has 42 heavy (non-hydrogen) atoms. The maximum absolute atomic E-state index is 13.5. The number of nitrogens with zero attached hydrogens (tertiary/aromatic N) is 5. The minimum Gasteiger partial charge on any atom is -0.385 e. The number of ether oxygens (including phenoxy) is 2. The smallest absolute Gasteiger partial charge is 0.385 e. The molecule has 2 fully saturated rings. The van der Waals surface area contributed by atoms with Crippen molar-refractivity contribution in [2.75, 3.05) is 59.7 Å². The topological polar surface area (TPSA) is 105 Å². The summed E-state index contributed by atoms with van der Waals surface area (Å²) in [6.07, 6.45) is -3.26. The number of aliphatic hydroxyl groups excluding tert-OH is 1. The molecule has 2 aromatic rings. The van der Waals surface area contributed by atoms with Gasteiger partial charge in [-0.05, 0) is 49.8 Å². The van der Waals surface area contributed by atoms with Crippen LogP contribution in [0.25, 0.3) is 5.69 Å². The molecule has 1 amide bonds. The number of rotatable bonds is 12. The number of aromatic nitrogens is 3.